The van der Waals surface area contributed by atoms with Crippen LogP contribution >= 0.6 is 0 Å². The van der Waals surface area contributed by atoms with Gasteiger partial charge in [0.25, 0.3) is 0 Å². The van der Waals surface area contributed by atoms with Crippen molar-refractivity contribution in [1.82, 2.24) is 5.32 Å². The van der Waals surface area contributed by atoms with E-state index in [9.17, 15) is 5.11 Å². The molecule has 0 unspecified atom stereocenters. The summed E-state index contributed by atoms with van der Waals surface area (Å²) in [6, 6.07) is 0.212. The van der Waals surface area contributed by atoms with Gasteiger partial charge in [-0.2, -0.15) is 0 Å². The van der Waals surface area contributed by atoms with Gasteiger partial charge in [-0.05, 0) is 32.2 Å². The highest BCUT2D eigenvalue weighted by Crippen LogP contribution is 2.26. The van der Waals surface area contributed by atoms with Gasteiger partial charge in [0.15, 0.2) is 0 Å². The zero-order chi connectivity index (χ0) is 9.73. The largest absolute Gasteiger partial charge is 0.388 e. The van der Waals surface area contributed by atoms with Crippen LogP contribution < -0.4 is 5.32 Å². The molecule has 1 heterocycles. The number of rotatable bonds is 5. The van der Waals surface area contributed by atoms with Crippen molar-refractivity contribution in [3.05, 3.63) is 25.3 Å². The van der Waals surface area contributed by atoms with Gasteiger partial charge in [0.2, 0.25) is 0 Å². The molecule has 0 radical (unpaired) electrons. The monoisotopic (exact) mass is 181 g/mol. The van der Waals surface area contributed by atoms with Gasteiger partial charge in [-0.1, -0.05) is 12.2 Å². The molecule has 2 nitrogen and oxygen atoms in total. The van der Waals surface area contributed by atoms with Gasteiger partial charge in [0.1, 0.15) is 0 Å². The molecule has 1 aliphatic heterocycles. The lowest BCUT2D eigenvalue weighted by molar-refractivity contribution is 0.0131. The number of nitrogens with one attached hydrogen (secondary N) is 1. The summed E-state index contributed by atoms with van der Waals surface area (Å²) in [7, 11) is 0. The third-order valence-corrected chi connectivity index (χ3v) is 2.70. The average Bonchev–Trinajstić information content (AvgIpc) is 2.57. The van der Waals surface area contributed by atoms with Gasteiger partial charge < -0.3 is 10.4 Å². The maximum atomic E-state index is 10.3. The first-order valence-corrected chi connectivity index (χ1v) is 4.90. The van der Waals surface area contributed by atoms with Crippen LogP contribution in [0, 0.1) is 0 Å². The first kappa shape index (κ1) is 10.5. The number of aliphatic hydroxyl groups is 1. The van der Waals surface area contributed by atoms with E-state index in [2.05, 4.69) is 18.5 Å². The molecule has 0 aliphatic carbocycles. The van der Waals surface area contributed by atoms with Gasteiger partial charge in [-0.25, -0.2) is 0 Å². The highest BCUT2D eigenvalue weighted by molar-refractivity contribution is 5.01. The molecular formula is C11H19NO. The lowest BCUT2D eigenvalue weighted by Gasteiger charge is -2.32. The molecule has 1 rings (SSSR count). The Labute approximate surface area is 80.3 Å². The predicted octanol–water partition coefficient (Wildman–Crippen LogP) is 1.62. The van der Waals surface area contributed by atoms with Crippen molar-refractivity contribution in [2.24, 2.45) is 0 Å². The predicted molar refractivity (Wildman–Crippen MR) is 55.6 cm³/mol. The summed E-state index contributed by atoms with van der Waals surface area (Å²) in [4.78, 5) is 0. The normalized spacial score (nSPS) is 23.0. The van der Waals surface area contributed by atoms with Gasteiger partial charge in [0, 0.05) is 6.04 Å². The lowest BCUT2D eigenvalue weighted by Crippen LogP contribution is -2.47. The van der Waals surface area contributed by atoms with Crippen LogP contribution in [0.1, 0.15) is 25.7 Å². The average molecular weight is 181 g/mol. The van der Waals surface area contributed by atoms with Crippen molar-refractivity contribution in [3.63, 3.8) is 0 Å². The van der Waals surface area contributed by atoms with Crippen LogP contribution in [0.2, 0.25) is 0 Å². The van der Waals surface area contributed by atoms with Gasteiger partial charge in [0.05, 0.1) is 5.60 Å². The molecule has 0 saturated carbocycles. The molecule has 74 valence electrons. The summed E-state index contributed by atoms with van der Waals surface area (Å²) in [6.07, 6.45) is 7.04. The molecule has 1 atom stereocenters. The van der Waals surface area contributed by atoms with Gasteiger partial charge >= 0.3 is 0 Å². The van der Waals surface area contributed by atoms with E-state index in [0.717, 1.165) is 19.4 Å². The third-order valence-electron chi connectivity index (χ3n) is 2.70. The van der Waals surface area contributed by atoms with Crippen molar-refractivity contribution in [1.29, 1.82) is 0 Å². The Morgan fingerprint density at radius 1 is 1.38 bits per heavy atom. The fraction of sp³-hybridized carbons (Fsp3) is 0.636. The highest BCUT2D eigenvalue weighted by Gasteiger charge is 2.35. The van der Waals surface area contributed by atoms with E-state index in [1.807, 2.05) is 0 Å². The second-order valence-corrected chi connectivity index (χ2v) is 3.74. The fourth-order valence-electron chi connectivity index (χ4n) is 2.01. The van der Waals surface area contributed by atoms with E-state index in [4.69, 9.17) is 0 Å². The molecule has 0 aromatic carbocycles. The molecule has 13 heavy (non-hydrogen) atoms. The van der Waals surface area contributed by atoms with Crippen molar-refractivity contribution in [3.8, 4) is 0 Å². The first-order chi connectivity index (χ1) is 6.23. The van der Waals surface area contributed by atoms with Crippen LogP contribution in [0.4, 0.5) is 0 Å². The maximum Gasteiger partial charge on any atom is 0.0868 e. The molecule has 1 saturated heterocycles. The van der Waals surface area contributed by atoms with E-state index in [1.54, 1.807) is 12.2 Å². The second kappa shape index (κ2) is 4.58. The SMILES string of the molecule is C=CCC(O)(CC=C)[C@@H]1CCCN1. The van der Waals surface area contributed by atoms with E-state index >= 15 is 0 Å². The molecule has 2 heteroatoms. The molecule has 0 aromatic rings. The van der Waals surface area contributed by atoms with Crippen LogP contribution in [-0.2, 0) is 0 Å². The highest BCUT2D eigenvalue weighted by atomic mass is 16.3. The topological polar surface area (TPSA) is 32.3 Å². The van der Waals surface area contributed by atoms with Crippen LogP contribution in [-0.4, -0.2) is 23.3 Å². The van der Waals surface area contributed by atoms with Crippen LogP contribution in [0.15, 0.2) is 25.3 Å². The van der Waals surface area contributed by atoms with Gasteiger partial charge in [-0.15, -0.1) is 13.2 Å². The minimum absolute atomic E-state index is 0.212. The van der Waals surface area contributed by atoms with E-state index < -0.39 is 5.60 Å². The first-order valence-electron chi connectivity index (χ1n) is 4.90. The second-order valence-electron chi connectivity index (χ2n) is 3.74. The fourth-order valence-corrected chi connectivity index (χ4v) is 2.01. The van der Waals surface area contributed by atoms with E-state index in [1.165, 1.54) is 0 Å². The van der Waals surface area contributed by atoms with Crippen molar-refractivity contribution in [2.45, 2.75) is 37.3 Å². The molecule has 0 spiro atoms. The zero-order valence-electron chi connectivity index (χ0n) is 8.13. The number of hydrogen-bond donors (Lipinski definition) is 2. The summed E-state index contributed by atoms with van der Waals surface area (Å²) in [5.41, 5.74) is -0.667. The van der Waals surface area contributed by atoms with E-state index in [-0.39, 0.29) is 6.04 Å². The van der Waals surface area contributed by atoms with Crippen molar-refractivity contribution < 1.29 is 5.11 Å². The van der Waals surface area contributed by atoms with Crippen molar-refractivity contribution in [2.75, 3.05) is 6.54 Å². The molecule has 1 aliphatic rings. The molecule has 1 fully saturated rings. The summed E-state index contributed by atoms with van der Waals surface area (Å²) >= 11 is 0. The van der Waals surface area contributed by atoms with Crippen LogP contribution in [0.25, 0.3) is 0 Å². The zero-order valence-corrected chi connectivity index (χ0v) is 8.13. The van der Waals surface area contributed by atoms with Gasteiger partial charge in [-0.3, -0.25) is 0 Å². The summed E-state index contributed by atoms with van der Waals surface area (Å²) in [6.45, 7) is 8.37. The Balaban J connectivity index is 2.62. The molecule has 0 amide bonds. The third kappa shape index (κ3) is 2.42. The summed E-state index contributed by atoms with van der Waals surface area (Å²) < 4.78 is 0. The van der Waals surface area contributed by atoms with E-state index in [0.29, 0.717) is 12.8 Å². The van der Waals surface area contributed by atoms with Crippen LogP contribution in [0.5, 0.6) is 0 Å². The molecule has 0 bridgehead atoms. The Hall–Kier alpha value is -0.600. The molecule has 2 N–H and O–H groups in total. The Kier molecular flexibility index (Phi) is 3.70. The summed E-state index contributed by atoms with van der Waals surface area (Å²) in [5.74, 6) is 0. The quantitative estimate of drug-likeness (QED) is 0.632. The minimum Gasteiger partial charge on any atom is -0.388 e. The maximum absolute atomic E-state index is 10.3. The standard InChI is InChI=1S/C11H19NO/c1-3-7-11(13,8-4-2)10-6-5-9-12-10/h3-4,10,12-13H,1-2,5-9H2/t10-/m0/s1. The summed E-state index contributed by atoms with van der Waals surface area (Å²) in [5, 5.41) is 13.6. The Morgan fingerprint density at radius 3 is 2.38 bits per heavy atom. The Bertz CT molecular complexity index is 173. The molecule has 0 aromatic heterocycles. The smallest absolute Gasteiger partial charge is 0.0868 e. The Morgan fingerprint density at radius 2 is 2.00 bits per heavy atom. The van der Waals surface area contributed by atoms with Crippen molar-refractivity contribution >= 4 is 0 Å². The number of hydrogen-bond acceptors (Lipinski definition) is 2. The van der Waals surface area contributed by atoms with Crippen LogP contribution in [0.3, 0.4) is 0 Å². The molecular weight excluding hydrogens is 162 g/mol. The minimum atomic E-state index is -0.667. The lowest BCUT2D eigenvalue weighted by atomic mass is 9.86.